The smallest absolute Gasteiger partial charge is 0.164 e. The van der Waals surface area contributed by atoms with Gasteiger partial charge in [0.25, 0.3) is 0 Å². The average Bonchev–Trinajstić information content (AvgIpc) is 3.23. The van der Waals surface area contributed by atoms with Crippen molar-refractivity contribution in [2.75, 3.05) is 13.2 Å². The molecule has 22 heavy (non-hydrogen) atoms. The molecule has 1 saturated heterocycles. The fraction of sp³-hybridized carbons (Fsp3) is 0.312. The lowest BCUT2D eigenvalue weighted by molar-refractivity contribution is 0.0704. The van der Waals surface area contributed by atoms with E-state index in [1.165, 1.54) is 5.56 Å². The quantitative estimate of drug-likeness (QED) is 0.743. The molecule has 0 N–H and O–H groups in total. The number of ether oxygens (including phenoxy) is 1. The molecule has 0 bridgehead atoms. The van der Waals surface area contributed by atoms with Gasteiger partial charge >= 0.3 is 0 Å². The van der Waals surface area contributed by atoms with Gasteiger partial charge in [0.15, 0.2) is 5.65 Å². The Bertz CT molecular complexity index is 788. The number of hydrogen-bond acceptors (Lipinski definition) is 5. The molecule has 0 spiro atoms. The summed E-state index contributed by atoms with van der Waals surface area (Å²) in [5.41, 5.74) is 3.81. The molecule has 1 fully saturated rings. The molecule has 0 atom stereocenters. The number of fused-ring (bicyclic) bond motifs is 1. The number of rotatable bonds is 3. The summed E-state index contributed by atoms with van der Waals surface area (Å²) in [5, 5.41) is 4.17. The zero-order valence-corrected chi connectivity index (χ0v) is 12.9. The summed E-state index contributed by atoms with van der Waals surface area (Å²) in [6, 6.07) is 2.50. The standard InChI is InChI=1S/C16H16N4OS/c1(12-5-8-22-9-12)2-14-15-16(18-10-17-14)20(11-19-15)13-3-6-21-7-4-13/h1-2,5,8-11,13H,3-4,6-7H2/b2-1+. The molecule has 5 nitrogen and oxygen atoms in total. The van der Waals surface area contributed by atoms with Gasteiger partial charge in [0.05, 0.1) is 12.0 Å². The van der Waals surface area contributed by atoms with Crippen LogP contribution in [0.1, 0.15) is 30.1 Å². The molecule has 3 aromatic rings. The third kappa shape index (κ3) is 2.55. The van der Waals surface area contributed by atoms with Gasteiger partial charge in [-0.15, -0.1) is 0 Å². The highest BCUT2D eigenvalue weighted by molar-refractivity contribution is 7.08. The minimum Gasteiger partial charge on any atom is -0.381 e. The Kier molecular flexibility index (Phi) is 3.70. The summed E-state index contributed by atoms with van der Waals surface area (Å²) < 4.78 is 7.60. The summed E-state index contributed by atoms with van der Waals surface area (Å²) in [4.78, 5) is 13.4. The first-order valence-electron chi connectivity index (χ1n) is 7.37. The summed E-state index contributed by atoms with van der Waals surface area (Å²) >= 11 is 1.69. The fourth-order valence-electron chi connectivity index (χ4n) is 2.77. The van der Waals surface area contributed by atoms with Crippen molar-refractivity contribution in [3.05, 3.63) is 40.7 Å². The first-order valence-corrected chi connectivity index (χ1v) is 8.31. The third-order valence-corrected chi connectivity index (χ3v) is 4.65. The number of nitrogens with zero attached hydrogens (tertiary/aromatic N) is 4. The normalized spacial score (nSPS) is 16.7. The first-order chi connectivity index (χ1) is 10.9. The van der Waals surface area contributed by atoms with Gasteiger partial charge in [0, 0.05) is 19.3 Å². The van der Waals surface area contributed by atoms with Crippen LogP contribution in [0.25, 0.3) is 23.3 Å². The Morgan fingerprint density at radius 3 is 2.91 bits per heavy atom. The predicted octanol–water partition coefficient (Wildman–Crippen LogP) is 3.41. The highest BCUT2D eigenvalue weighted by Crippen LogP contribution is 2.25. The van der Waals surface area contributed by atoms with Crippen molar-refractivity contribution < 1.29 is 4.74 Å². The van der Waals surface area contributed by atoms with Crippen LogP contribution in [0, 0.1) is 0 Å². The zero-order valence-electron chi connectivity index (χ0n) is 12.1. The molecular weight excluding hydrogens is 296 g/mol. The SMILES string of the molecule is C(=C\c1ncnc2c1ncn2C1CCOCC1)/c1ccsc1. The minimum absolute atomic E-state index is 0.419. The average molecular weight is 312 g/mol. The highest BCUT2D eigenvalue weighted by Gasteiger charge is 2.19. The largest absolute Gasteiger partial charge is 0.381 e. The van der Waals surface area contributed by atoms with Crippen molar-refractivity contribution in [3.63, 3.8) is 0 Å². The van der Waals surface area contributed by atoms with Crippen molar-refractivity contribution in [3.8, 4) is 0 Å². The Balaban J connectivity index is 1.70. The molecule has 0 radical (unpaired) electrons. The van der Waals surface area contributed by atoms with E-state index in [4.69, 9.17) is 4.74 Å². The van der Waals surface area contributed by atoms with E-state index in [1.54, 1.807) is 17.7 Å². The number of aromatic nitrogens is 4. The van der Waals surface area contributed by atoms with Crippen LogP contribution in [-0.4, -0.2) is 32.7 Å². The van der Waals surface area contributed by atoms with Crippen LogP contribution < -0.4 is 0 Å². The van der Waals surface area contributed by atoms with Crippen LogP contribution in [-0.2, 0) is 4.74 Å². The lowest BCUT2D eigenvalue weighted by atomic mass is 10.1. The summed E-state index contributed by atoms with van der Waals surface area (Å²) in [6.07, 6.45) is 9.59. The molecule has 0 amide bonds. The maximum atomic E-state index is 5.44. The summed E-state index contributed by atoms with van der Waals surface area (Å²) in [6.45, 7) is 1.61. The van der Waals surface area contributed by atoms with Gasteiger partial charge < -0.3 is 9.30 Å². The van der Waals surface area contributed by atoms with Crippen LogP contribution in [0.15, 0.2) is 29.5 Å². The van der Waals surface area contributed by atoms with Crippen molar-refractivity contribution in [1.29, 1.82) is 0 Å². The molecule has 112 valence electrons. The van der Waals surface area contributed by atoms with Gasteiger partial charge in [-0.1, -0.05) is 6.08 Å². The minimum atomic E-state index is 0.419. The molecule has 0 saturated carbocycles. The van der Waals surface area contributed by atoms with Crippen LogP contribution in [0.3, 0.4) is 0 Å². The van der Waals surface area contributed by atoms with Crippen molar-refractivity contribution in [2.45, 2.75) is 18.9 Å². The van der Waals surface area contributed by atoms with Crippen LogP contribution in [0.4, 0.5) is 0 Å². The highest BCUT2D eigenvalue weighted by atomic mass is 32.1. The monoisotopic (exact) mass is 312 g/mol. The Morgan fingerprint density at radius 1 is 1.18 bits per heavy atom. The van der Waals surface area contributed by atoms with E-state index in [0.717, 1.165) is 42.9 Å². The van der Waals surface area contributed by atoms with Crippen LogP contribution >= 0.6 is 11.3 Å². The van der Waals surface area contributed by atoms with Gasteiger partial charge in [-0.25, -0.2) is 15.0 Å². The van der Waals surface area contributed by atoms with Gasteiger partial charge in [-0.3, -0.25) is 0 Å². The molecule has 0 aliphatic carbocycles. The second-order valence-electron chi connectivity index (χ2n) is 5.32. The van der Waals surface area contributed by atoms with Crippen molar-refractivity contribution in [2.24, 2.45) is 0 Å². The maximum absolute atomic E-state index is 5.44. The number of imidazole rings is 1. The predicted molar refractivity (Wildman–Crippen MR) is 87.7 cm³/mol. The van der Waals surface area contributed by atoms with E-state index in [-0.39, 0.29) is 0 Å². The first kappa shape index (κ1) is 13.6. The molecular formula is C16H16N4OS. The van der Waals surface area contributed by atoms with E-state index >= 15 is 0 Å². The summed E-state index contributed by atoms with van der Waals surface area (Å²) in [5.74, 6) is 0. The van der Waals surface area contributed by atoms with Crippen molar-refractivity contribution in [1.82, 2.24) is 19.5 Å². The van der Waals surface area contributed by atoms with Crippen LogP contribution in [0.5, 0.6) is 0 Å². The molecule has 0 unspecified atom stereocenters. The lowest BCUT2D eigenvalue weighted by Gasteiger charge is -2.23. The van der Waals surface area contributed by atoms with Crippen molar-refractivity contribution >= 4 is 34.7 Å². The third-order valence-electron chi connectivity index (χ3n) is 3.95. The maximum Gasteiger partial charge on any atom is 0.164 e. The van der Waals surface area contributed by atoms with Gasteiger partial charge in [-0.2, -0.15) is 11.3 Å². The molecule has 1 aliphatic rings. The van der Waals surface area contributed by atoms with E-state index in [0.29, 0.717) is 6.04 Å². The number of thiophene rings is 1. The van der Waals surface area contributed by atoms with Gasteiger partial charge in [0.2, 0.25) is 0 Å². The second-order valence-corrected chi connectivity index (χ2v) is 6.10. The molecule has 3 aromatic heterocycles. The van der Waals surface area contributed by atoms with E-state index in [1.807, 2.05) is 12.4 Å². The summed E-state index contributed by atoms with van der Waals surface area (Å²) in [7, 11) is 0. The van der Waals surface area contributed by atoms with E-state index in [2.05, 4.69) is 42.4 Å². The van der Waals surface area contributed by atoms with E-state index < -0.39 is 0 Å². The number of hydrogen-bond donors (Lipinski definition) is 0. The molecule has 4 rings (SSSR count). The van der Waals surface area contributed by atoms with Gasteiger partial charge in [-0.05, 0) is 41.3 Å². The Hall–Kier alpha value is -2.05. The molecule has 1 aliphatic heterocycles. The van der Waals surface area contributed by atoms with Crippen LogP contribution in [0.2, 0.25) is 0 Å². The Morgan fingerprint density at radius 2 is 2.09 bits per heavy atom. The van der Waals surface area contributed by atoms with Gasteiger partial charge in [0.1, 0.15) is 11.8 Å². The molecule has 4 heterocycles. The Labute approximate surface area is 132 Å². The topological polar surface area (TPSA) is 52.8 Å². The molecule has 0 aromatic carbocycles. The van der Waals surface area contributed by atoms with E-state index in [9.17, 15) is 0 Å². The second kappa shape index (κ2) is 5.98. The zero-order chi connectivity index (χ0) is 14.8. The molecule has 6 heteroatoms. The lowest BCUT2D eigenvalue weighted by Crippen LogP contribution is -2.19. The fourth-order valence-corrected chi connectivity index (χ4v) is 3.40.